The molecule has 60 valence electrons. The normalized spacial score (nSPS) is 8.25. The van der Waals surface area contributed by atoms with Crippen LogP contribution in [0.15, 0.2) is 30.3 Å². The van der Waals surface area contributed by atoms with Gasteiger partial charge >= 0.3 is 6.02 Å². The predicted molar refractivity (Wildman–Crippen MR) is 43.5 cm³/mol. The molecule has 0 radical (unpaired) electrons. The molecule has 0 spiro atoms. The van der Waals surface area contributed by atoms with Gasteiger partial charge in [0.15, 0.2) is 6.19 Å². The van der Waals surface area contributed by atoms with Crippen molar-refractivity contribution in [3.63, 3.8) is 0 Å². The number of nitrogens with zero attached hydrogens (tertiary/aromatic N) is 1. The number of nitriles is 1. The van der Waals surface area contributed by atoms with Gasteiger partial charge in [-0.2, -0.15) is 5.26 Å². The van der Waals surface area contributed by atoms with Crippen molar-refractivity contribution in [1.82, 2.24) is 5.32 Å². The minimum atomic E-state index is -0.274. The number of rotatable bonds is 1. The van der Waals surface area contributed by atoms with Crippen molar-refractivity contribution in [1.29, 1.82) is 10.7 Å². The van der Waals surface area contributed by atoms with E-state index >= 15 is 0 Å². The van der Waals surface area contributed by atoms with Gasteiger partial charge in [-0.3, -0.25) is 5.41 Å². The lowest BCUT2D eigenvalue weighted by atomic mass is 10.3. The number of ether oxygens (including phenoxy) is 1. The van der Waals surface area contributed by atoms with E-state index in [-0.39, 0.29) is 6.02 Å². The molecule has 0 amide bonds. The number of amidine groups is 1. The van der Waals surface area contributed by atoms with Crippen LogP contribution in [0, 0.1) is 16.9 Å². The van der Waals surface area contributed by atoms with Gasteiger partial charge in [-0.05, 0) is 12.1 Å². The highest BCUT2D eigenvalue weighted by Gasteiger charge is 1.95. The molecule has 4 nitrogen and oxygen atoms in total. The summed E-state index contributed by atoms with van der Waals surface area (Å²) in [7, 11) is 0. The molecule has 0 fully saturated rings. The van der Waals surface area contributed by atoms with Crippen LogP contribution in [-0.2, 0) is 0 Å². The van der Waals surface area contributed by atoms with Crippen LogP contribution in [0.1, 0.15) is 0 Å². The van der Waals surface area contributed by atoms with E-state index in [1.807, 2.05) is 6.07 Å². The number of benzene rings is 1. The van der Waals surface area contributed by atoms with Crippen molar-refractivity contribution >= 4 is 6.02 Å². The maximum atomic E-state index is 8.13. The van der Waals surface area contributed by atoms with Crippen LogP contribution in [0.25, 0.3) is 0 Å². The van der Waals surface area contributed by atoms with Gasteiger partial charge < -0.3 is 4.74 Å². The van der Waals surface area contributed by atoms with Crippen molar-refractivity contribution in [3.8, 4) is 11.9 Å². The van der Waals surface area contributed by atoms with E-state index in [0.717, 1.165) is 0 Å². The van der Waals surface area contributed by atoms with Crippen LogP contribution in [0.5, 0.6) is 5.75 Å². The monoisotopic (exact) mass is 161 g/mol. The maximum absolute atomic E-state index is 8.13. The lowest BCUT2D eigenvalue weighted by Gasteiger charge is -2.02. The van der Waals surface area contributed by atoms with Crippen molar-refractivity contribution < 1.29 is 4.74 Å². The molecule has 4 heteroatoms. The van der Waals surface area contributed by atoms with Crippen LogP contribution >= 0.6 is 0 Å². The van der Waals surface area contributed by atoms with Crippen LogP contribution in [0.2, 0.25) is 0 Å². The molecular weight excluding hydrogens is 154 g/mol. The largest absolute Gasteiger partial charge is 0.426 e. The molecule has 1 aromatic carbocycles. The minimum absolute atomic E-state index is 0.274. The SMILES string of the molecule is N#CNC(=N)Oc1ccccc1. The minimum Gasteiger partial charge on any atom is -0.426 e. The Kier molecular flexibility index (Phi) is 2.68. The first-order valence-electron chi connectivity index (χ1n) is 3.29. The van der Waals surface area contributed by atoms with E-state index in [9.17, 15) is 0 Å². The average Bonchev–Trinajstić information content (AvgIpc) is 2.06. The Hall–Kier alpha value is -2.02. The van der Waals surface area contributed by atoms with Gasteiger partial charge in [-0.1, -0.05) is 18.2 Å². The third-order valence-corrected chi connectivity index (χ3v) is 1.13. The molecule has 0 saturated carbocycles. The maximum Gasteiger partial charge on any atom is 0.300 e. The Labute approximate surface area is 69.9 Å². The number of para-hydroxylation sites is 1. The molecule has 0 saturated heterocycles. The summed E-state index contributed by atoms with van der Waals surface area (Å²) in [6.07, 6.45) is 1.59. The van der Waals surface area contributed by atoms with Gasteiger partial charge in [-0.25, -0.2) is 5.32 Å². The standard InChI is InChI=1S/C8H7N3O/c9-6-11-8(10)12-7-4-2-1-3-5-7/h1-5H,(H2,10,11). The van der Waals surface area contributed by atoms with Gasteiger partial charge in [0, 0.05) is 0 Å². The summed E-state index contributed by atoms with van der Waals surface area (Å²) in [6, 6.07) is 8.54. The number of hydrogen-bond donors (Lipinski definition) is 2. The van der Waals surface area contributed by atoms with Gasteiger partial charge in [0.2, 0.25) is 0 Å². The number of hydrogen-bond acceptors (Lipinski definition) is 3. The Morgan fingerprint density at radius 3 is 2.67 bits per heavy atom. The molecule has 0 atom stereocenters. The number of nitrogens with one attached hydrogen (secondary N) is 2. The summed E-state index contributed by atoms with van der Waals surface area (Å²) in [4.78, 5) is 0. The summed E-state index contributed by atoms with van der Waals surface area (Å²) >= 11 is 0. The third kappa shape index (κ3) is 2.31. The van der Waals surface area contributed by atoms with E-state index in [2.05, 4.69) is 5.32 Å². The first-order chi connectivity index (χ1) is 5.83. The fourth-order valence-corrected chi connectivity index (χ4v) is 0.683. The summed E-state index contributed by atoms with van der Waals surface area (Å²) < 4.78 is 4.90. The smallest absolute Gasteiger partial charge is 0.300 e. The zero-order valence-electron chi connectivity index (χ0n) is 6.24. The molecule has 12 heavy (non-hydrogen) atoms. The zero-order valence-corrected chi connectivity index (χ0v) is 6.24. The van der Waals surface area contributed by atoms with Gasteiger partial charge in [0.25, 0.3) is 0 Å². The summed E-state index contributed by atoms with van der Waals surface area (Å²) in [6.45, 7) is 0. The fraction of sp³-hybridized carbons (Fsp3) is 0. The summed E-state index contributed by atoms with van der Waals surface area (Å²) in [5.74, 6) is 0.533. The first-order valence-corrected chi connectivity index (χ1v) is 3.29. The predicted octanol–water partition coefficient (Wildman–Crippen LogP) is 1.07. The Balaban J connectivity index is 2.54. The van der Waals surface area contributed by atoms with Crippen molar-refractivity contribution in [3.05, 3.63) is 30.3 Å². The Bertz CT molecular complexity index is 302. The van der Waals surface area contributed by atoms with Crippen LogP contribution in [0.3, 0.4) is 0 Å². The molecule has 0 aliphatic rings. The second-order valence-electron chi connectivity index (χ2n) is 1.98. The van der Waals surface area contributed by atoms with E-state index in [0.29, 0.717) is 5.75 Å². The van der Waals surface area contributed by atoms with E-state index in [4.69, 9.17) is 15.4 Å². The second-order valence-corrected chi connectivity index (χ2v) is 1.98. The molecule has 2 N–H and O–H groups in total. The highest BCUT2D eigenvalue weighted by molar-refractivity contribution is 5.74. The molecule has 1 rings (SSSR count). The van der Waals surface area contributed by atoms with Crippen LogP contribution < -0.4 is 10.1 Å². The van der Waals surface area contributed by atoms with Gasteiger partial charge in [0.05, 0.1) is 0 Å². The van der Waals surface area contributed by atoms with Crippen molar-refractivity contribution in [2.45, 2.75) is 0 Å². The molecule has 0 unspecified atom stereocenters. The fourth-order valence-electron chi connectivity index (χ4n) is 0.683. The highest BCUT2D eigenvalue weighted by atomic mass is 16.5. The van der Waals surface area contributed by atoms with Crippen LogP contribution in [0.4, 0.5) is 0 Å². The van der Waals surface area contributed by atoms with Gasteiger partial charge in [-0.15, -0.1) is 0 Å². The second kappa shape index (κ2) is 3.98. The first kappa shape index (κ1) is 8.08. The zero-order chi connectivity index (χ0) is 8.81. The quantitative estimate of drug-likeness (QED) is 0.280. The molecule has 0 aromatic heterocycles. The van der Waals surface area contributed by atoms with Crippen molar-refractivity contribution in [2.24, 2.45) is 0 Å². The molecule has 0 bridgehead atoms. The van der Waals surface area contributed by atoms with E-state index in [1.165, 1.54) is 0 Å². The van der Waals surface area contributed by atoms with Gasteiger partial charge in [0.1, 0.15) is 5.75 Å². The molecule has 0 heterocycles. The average molecular weight is 161 g/mol. The summed E-state index contributed by atoms with van der Waals surface area (Å²) in [5.41, 5.74) is 0. The Morgan fingerprint density at radius 2 is 2.08 bits per heavy atom. The molecule has 1 aromatic rings. The molecule has 0 aliphatic heterocycles. The summed E-state index contributed by atoms with van der Waals surface area (Å²) in [5, 5.41) is 17.3. The highest BCUT2D eigenvalue weighted by Crippen LogP contribution is 2.07. The van der Waals surface area contributed by atoms with E-state index in [1.54, 1.807) is 30.5 Å². The van der Waals surface area contributed by atoms with Crippen LogP contribution in [-0.4, -0.2) is 6.02 Å². The lowest BCUT2D eigenvalue weighted by Crippen LogP contribution is -2.22. The molecular formula is C8H7N3O. The lowest BCUT2D eigenvalue weighted by molar-refractivity contribution is 0.525. The topological polar surface area (TPSA) is 68.9 Å². The Morgan fingerprint density at radius 1 is 1.42 bits per heavy atom. The van der Waals surface area contributed by atoms with E-state index < -0.39 is 0 Å². The third-order valence-electron chi connectivity index (χ3n) is 1.13. The van der Waals surface area contributed by atoms with Crippen molar-refractivity contribution in [2.75, 3.05) is 0 Å². The molecule has 0 aliphatic carbocycles.